The molecule has 3 N–H and O–H groups in total. The van der Waals surface area contributed by atoms with Crippen molar-refractivity contribution >= 4 is 18.0 Å². The largest absolute Gasteiger partial charge is 0.481 e. The molecule has 1 rings (SSSR count). The third-order valence-corrected chi connectivity index (χ3v) is 2.61. The number of rotatable bonds is 4. The maximum absolute atomic E-state index is 11.0. The number of benzene rings is 1. The molecule has 0 aliphatic carbocycles. The van der Waals surface area contributed by atoms with Crippen molar-refractivity contribution in [1.82, 2.24) is 0 Å². The summed E-state index contributed by atoms with van der Waals surface area (Å²) in [5.74, 6) is -1.39. The first-order valence-corrected chi connectivity index (χ1v) is 5.15. The van der Waals surface area contributed by atoms with Crippen LogP contribution in [0.1, 0.15) is 25.0 Å². The summed E-state index contributed by atoms with van der Waals surface area (Å²) in [7, 11) is 0. The number of carboxylic acids is 1. The van der Waals surface area contributed by atoms with E-state index >= 15 is 0 Å². The molecular formula is C13H15NO3. The van der Waals surface area contributed by atoms with Crippen LogP contribution in [0.3, 0.4) is 0 Å². The molecule has 17 heavy (non-hydrogen) atoms. The lowest BCUT2D eigenvalue weighted by atomic mass is 9.84. The fraction of sp³-hybridized carbons (Fsp3) is 0.231. The van der Waals surface area contributed by atoms with Crippen LogP contribution in [0.25, 0.3) is 6.08 Å². The number of carbonyl (C=O) groups is 2. The van der Waals surface area contributed by atoms with Gasteiger partial charge in [-0.2, -0.15) is 0 Å². The van der Waals surface area contributed by atoms with Gasteiger partial charge in [0.05, 0.1) is 5.41 Å². The Morgan fingerprint density at radius 1 is 1.24 bits per heavy atom. The first-order chi connectivity index (χ1) is 7.84. The molecule has 90 valence electrons. The molecular weight excluding hydrogens is 218 g/mol. The topological polar surface area (TPSA) is 80.4 Å². The van der Waals surface area contributed by atoms with Crippen LogP contribution in [-0.2, 0) is 15.0 Å². The number of hydrogen-bond donors (Lipinski definition) is 2. The zero-order valence-corrected chi connectivity index (χ0v) is 9.81. The second-order valence-electron chi connectivity index (χ2n) is 4.29. The molecule has 0 aromatic heterocycles. The van der Waals surface area contributed by atoms with Gasteiger partial charge in [0.25, 0.3) is 0 Å². The maximum atomic E-state index is 11.0. The van der Waals surface area contributed by atoms with E-state index in [9.17, 15) is 9.59 Å². The Hall–Kier alpha value is -2.10. The molecule has 0 aliphatic heterocycles. The van der Waals surface area contributed by atoms with E-state index in [0.717, 1.165) is 5.56 Å². The van der Waals surface area contributed by atoms with Crippen LogP contribution < -0.4 is 5.73 Å². The van der Waals surface area contributed by atoms with Crippen molar-refractivity contribution in [3.05, 3.63) is 41.5 Å². The zero-order chi connectivity index (χ0) is 13.1. The van der Waals surface area contributed by atoms with Gasteiger partial charge in [0, 0.05) is 6.08 Å². The highest BCUT2D eigenvalue weighted by Crippen LogP contribution is 2.23. The van der Waals surface area contributed by atoms with Crippen molar-refractivity contribution in [1.29, 1.82) is 0 Å². The highest BCUT2D eigenvalue weighted by Gasteiger charge is 2.28. The van der Waals surface area contributed by atoms with Gasteiger partial charge in [-0.25, -0.2) is 0 Å². The number of aliphatic carboxylic acids is 1. The number of hydrogen-bond acceptors (Lipinski definition) is 2. The molecule has 0 saturated heterocycles. The van der Waals surface area contributed by atoms with Crippen molar-refractivity contribution in [2.24, 2.45) is 5.73 Å². The second-order valence-corrected chi connectivity index (χ2v) is 4.29. The second kappa shape index (κ2) is 4.82. The fourth-order valence-electron chi connectivity index (χ4n) is 1.31. The predicted octanol–water partition coefficient (Wildman–Crippen LogP) is 1.55. The number of carboxylic acid groups (broad SMARTS) is 1. The van der Waals surface area contributed by atoms with Crippen molar-refractivity contribution in [3.8, 4) is 0 Å². The smallest absolute Gasteiger partial charge is 0.313 e. The molecule has 0 bridgehead atoms. The van der Waals surface area contributed by atoms with E-state index in [1.807, 2.05) is 0 Å². The van der Waals surface area contributed by atoms with E-state index in [-0.39, 0.29) is 0 Å². The molecule has 0 saturated carbocycles. The Labute approximate surface area is 99.8 Å². The quantitative estimate of drug-likeness (QED) is 0.774. The lowest BCUT2D eigenvalue weighted by Gasteiger charge is -2.19. The van der Waals surface area contributed by atoms with E-state index in [4.69, 9.17) is 10.8 Å². The third-order valence-electron chi connectivity index (χ3n) is 2.61. The van der Waals surface area contributed by atoms with Gasteiger partial charge in [0.15, 0.2) is 0 Å². The van der Waals surface area contributed by atoms with E-state index in [2.05, 4.69) is 0 Å². The Bertz CT molecular complexity index is 458. The van der Waals surface area contributed by atoms with E-state index in [0.29, 0.717) is 5.56 Å². The van der Waals surface area contributed by atoms with Crippen LogP contribution in [0, 0.1) is 0 Å². The average molecular weight is 233 g/mol. The van der Waals surface area contributed by atoms with Crippen LogP contribution in [0.2, 0.25) is 0 Å². The molecule has 0 fully saturated rings. The fourth-order valence-corrected chi connectivity index (χ4v) is 1.31. The van der Waals surface area contributed by atoms with Gasteiger partial charge >= 0.3 is 5.97 Å². The van der Waals surface area contributed by atoms with Crippen molar-refractivity contribution in [3.63, 3.8) is 0 Å². The Morgan fingerprint density at radius 3 is 2.18 bits per heavy atom. The molecule has 0 heterocycles. The molecule has 4 heteroatoms. The predicted molar refractivity (Wildman–Crippen MR) is 65.3 cm³/mol. The van der Waals surface area contributed by atoms with Crippen molar-refractivity contribution in [2.45, 2.75) is 19.3 Å². The van der Waals surface area contributed by atoms with E-state index in [1.165, 1.54) is 6.08 Å². The number of primary amides is 1. The molecule has 0 aliphatic rings. The van der Waals surface area contributed by atoms with Crippen LogP contribution in [0.5, 0.6) is 0 Å². The average Bonchev–Trinajstić information content (AvgIpc) is 2.26. The molecule has 0 unspecified atom stereocenters. The van der Waals surface area contributed by atoms with Crippen LogP contribution in [0.4, 0.5) is 0 Å². The van der Waals surface area contributed by atoms with Gasteiger partial charge in [-0.05, 0) is 31.1 Å². The minimum absolute atomic E-state index is 0.514. The Kier molecular flexibility index (Phi) is 3.68. The summed E-state index contributed by atoms with van der Waals surface area (Å²) in [6.07, 6.45) is 2.84. The maximum Gasteiger partial charge on any atom is 0.313 e. The third kappa shape index (κ3) is 3.17. The zero-order valence-electron chi connectivity index (χ0n) is 9.81. The monoisotopic (exact) mass is 233 g/mol. The molecule has 1 amide bonds. The first kappa shape index (κ1) is 13.0. The minimum atomic E-state index is -0.925. The molecule has 1 aromatic carbocycles. The molecule has 0 spiro atoms. The minimum Gasteiger partial charge on any atom is -0.481 e. The van der Waals surface area contributed by atoms with Crippen LogP contribution in [0.15, 0.2) is 30.3 Å². The summed E-state index contributed by atoms with van der Waals surface area (Å²) >= 11 is 0. The van der Waals surface area contributed by atoms with E-state index < -0.39 is 17.3 Å². The number of carbonyl (C=O) groups excluding carboxylic acids is 1. The van der Waals surface area contributed by atoms with Gasteiger partial charge in [-0.1, -0.05) is 24.3 Å². The van der Waals surface area contributed by atoms with Gasteiger partial charge in [-0.3, -0.25) is 9.59 Å². The normalized spacial score (nSPS) is 11.6. The summed E-state index contributed by atoms with van der Waals surface area (Å²) in [6, 6.07) is 6.96. The Morgan fingerprint density at radius 2 is 1.76 bits per heavy atom. The molecule has 4 nitrogen and oxygen atoms in total. The molecule has 0 radical (unpaired) electrons. The number of amides is 1. The molecule has 0 atom stereocenters. The Balaban J connectivity index is 2.96. The van der Waals surface area contributed by atoms with Gasteiger partial charge in [0.2, 0.25) is 5.91 Å². The van der Waals surface area contributed by atoms with E-state index in [1.54, 1.807) is 44.2 Å². The summed E-state index contributed by atoms with van der Waals surface area (Å²) in [6.45, 7) is 3.28. The lowest BCUT2D eigenvalue weighted by molar-refractivity contribution is -0.142. The van der Waals surface area contributed by atoms with Gasteiger partial charge < -0.3 is 10.8 Å². The summed E-state index contributed by atoms with van der Waals surface area (Å²) in [5, 5.41) is 9.06. The van der Waals surface area contributed by atoms with Gasteiger partial charge in [-0.15, -0.1) is 0 Å². The highest BCUT2D eigenvalue weighted by atomic mass is 16.4. The SMILES string of the molecule is CC(C)(C(=O)O)c1ccc(C=CC(N)=O)cc1. The molecule has 1 aromatic rings. The first-order valence-electron chi connectivity index (χ1n) is 5.15. The van der Waals surface area contributed by atoms with Crippen molar-refractivity contribution < 1.29 is 14.7 Å². The summed E-state index contributed by atoms with van der Waals surface area (Å²) in [4.78, 5) is 21.6. The van der Waals surface area contributed by atoms with Gasteiger partial charge in [0.1, 0.15) is 0 Å². The van der Waals surface area contributed by atoms with Crippen LogP contribution >= 0.6 is 0 Å². The van der Waals surface area contributed by atoms with Crippen LogP contribution in [-0.4, -0.2) is 17.0 Å². The van der Waals surface area contributed by atoms with Crippen molar-refractivity contribution in [2.75, 3.05) is 0 Å². The highest BCUT2D eigenvalue weighted by molar-refractivity contribution is 5.90. The standard InChI is InChI=1S/C13H15NO3/c1-13(2,12(16)17)10-6-3-9(4-7-10)5-8-11(14)15/h3-8H,1-2H3,(H2,14,15)(H,16,17). The number of nitrogens with two attached hydrogens (primary N) is 1. The summed E-state index contributed by atoms with van der Waals surface area (Å²) in [5.41, 5.74) is 5.56. The lowest BCUT2D eigenvalue weighted by Crippen LogP contribution is -2.28. The summed E-state index contributed by atoms with van der Waals surface area (Å²) < 4.78 is 0.